The minimum Gasteiger partial charge on any atom is -0.494 e. The van der Waals surface area contributed by atoms with Gasteiger partial charge in [0.2, 0.25) is 0 Å². The van der Waals surface area contributed by atoms with Crippen LogP contribution < -0.4 is 9.47 Å². The Morgan fingerprint density at radius 1 is 1.16 bits per heavy atom. The minimum absolute atomic E-state index is 0.0220. The van der Waals surface area contributed by atoms with Gasteiger partial charge in [0.25, 0.3) is 0 Å². The van der Waals surface area contributed by atoms with Crippen LogP contribution in [0, 0.1) is 0 Å². The lowest BCUT2D eigenvalue weighted by atomic mass is 10.2. The molecule has 7 heteroatoms. The van der Waals surface area contributed by atoms with Gasteiger partial charge in [0, 0.05) is 5.39 Å². The number of hydrogen-bond donors (Lipinski definition) is 0. The standard InChI is InChI=1S/C12H10N2O3S2/c1-5(15)7-4-6-10(16-2)8-9(14-19-13-8)11(17-3)12(6)18-7/h4H,1-3H3. The highest BCUT2D eigenvalue weighted by molar-refractivity contribution is 7.21. The first-order valence-electron chi connectivity index (χ1n) is 5.48. The summed E-state index contributed by atoms with van der Waals surface area (Å²) >= 11 is 2.50. The van der Waals surface area contributed by atoms with Crippen LogP contribution in [0.15, 0.2) is 6.07 Å². The first-order chi connectivity index (χ1) is 9.17. The maximum Gasteiger partial charge on any atom is 0.169 e. The van der Waals surface area contributed by atoms with Crippen molar-refractivity contribution in [3.63, 3.8) is 0 Å². The molecule has 98 valence electrons. The molecule has 0 spiro atoms. The Labute approximate surface area is 117 Å². The van der Waals surface area contributed by atoms with E-state index >= 15 is 0 Å². The summed E-state index contributed by atoms with van der Waals surface area (Å²) in [6.45, 7) is 1.54. The average molecular weight is 294 g/mol. The van der Waals surface area contributed by atoms with Crippen LogP contribution in [-0.4, -0.2) is 28.7 Å². The van der Waals surface area contributed by atoms with Gasteiger partial charge in [0.05, 0.1) is 35.5 Å². The summed E-state index contributed by atoms with van der Waals surface area (Å²) in [5.41, 5.74) is 1.35. The average Bonchev–Trinajstić information content (AvgIpc) is 3.01. The molecule has 0 amide bonds. The number of rotatable bonds is 3. The number of nitrogens with zero attached hydrogens (tertiary/aromatic N) is 2. The molecule has 0 aliphatic rings. The Balaban J connectivity index is 2.52. The number of hydrogen-bond acceptors (Lipinski definition) is 7. The van der Waals surface area contributed by atoms with Crippen molar-refractivity contribution in [1.29, 1.82) is 0 Å². The molecule has 3 rings (SSSR count). The van der Waals surface area contributed by atoms with Crippen LogP contribution in [-0.2, 0) is 0 Å². The summed E-state index contributed by atoms with van der Waals surface area (Å²) in [5, 5.41) is 0.842. The van der Waals surface area contributed by atoms with Crippen molar-refractivity contribution in [2.75, 3.05) is 14.2 Å². The Kier molecular flexibility index (Phi) is 2.87. The van der Waals surface area contributed by atoms with Crippen LogP contribution in [0.2, 0.25) is 0 Å². The molecule has 0 atom stereocenters. The van der Waals surface area contributed by atoms with Crippen molar-refractivity contribution >= 4 is 50.0 Å². The zero-order chi connectivity index (χ0) is 13.6. The highest BCUT2D eigenvalue weighted by Gasteiger charge is 2.21. The molecule has 0 saturated carbocycles. The van der Waals surface area contributed by atoms with Gasteiger partial charge in [-0.25, -0.2) is 0 Å². The number of Topliss-reactive ketones (excluding diaryl/α,β-unsaturated/α-hetero) is 1. The second-order valence-electron chi connectivity index (χ2n) is 3.94. The summed E-state index contributed by atoms with van der Waals surface area (Å²) in [6, 6.07) is 1.82. The number of ether oxygens (including phenoxy) is 2. The fourth-order valence-corrected chi connectivity index (χ4v) is 3.64. The van der Waals surface area contributed by atoms with E-state index in [0.29, 0.717) is 27.4 Å². The number of carbonyl (C=O) groups excluding carboxylic acids is 1. The third-order valence-electron chi connectivity index (χ3n) is 2.86. The topological polar surface area (TPSA) is 61.3 Å². The lowest BCUT2D eigenvalue weighted by Gasteiger charge is -2.06. The van der Waals surface area contributed by atoms with Crippen LogP contribution in [0.3, 0.4) is 0 Å². The Morgan fingerprint density at radius 3 is 2.37 bits per heavy atom. The molecule has 0 radical (unpaired) electrons. The van der Waals surface area contributed by atoms with Crippen LogP contribution in [0.4, 0.5) is 0 Å². The zero-order valence-corrected chi connectivity index (χ0v) is 12.1. The maximum atomic E-state index is 11.5. The van der Waals surface area contributed by atoms with Crippen LogP contribution in [0.25, 0.3) is 21.1 Å². The van der Waals surface area contributed by atoms with E-state index in [9.17, 15) is 4.79 Å². The van der Waals surface area contributed by atoms with Gasteiger partial charge in [-0.05, 0) is 13.0 Å². The molecule has 0 bridgehead atoms. The van der Waals surface area contributed by atoms with E-state index in [1.165, 1.54) is 11.3 Å². The van der Waals surface area contributed by atoms with E-state index in [1.54, 1.807) is 21.1 Å². The monoisotopic (exact) mass is 294 g/mol. The summed E-state index contributed by atoms with van der Waals surface area (Å²) in [5.74, 6) is 1.31. The molecule has 19 heavy (non-hydrogen) atoms. The van der Waals surface area contributed by atoms with Gasteiger partial charge in [-0.1, -0.05) is 0 Å². The lowest BCUT2D eigenvalue weighted by Crippen LogP contribution is -1.90. The predicted molar refractivity (Wildman–Crippen MR) is 75.9 cm³/mol. The normalized spacial score (nSPS) is 11.1. The molecule has 0 N–H and O–H groups in total. The van der Waals surface area contributed by atoms with Gasteiger partial charge in [-0.2, -0.15) is 8.75 Å². The van der Waals surface area contributed by atoms with Crippen molar-refractivity contribution in [2.24, 2.45) is 0 Å². The highest BCUT2D eigenvalue weighted by atomic mass is 32.1. The summed E-state index contributed by atoms with van der Waals surface area (Å²) in [6.07, 6.45) is 0. The number of thiophene rings is 1. The quantitative estimate of drug-likeness (QED) is 0.694. The van der Waals surface area contributed by atoms with E-state index in [0.717, 1.165) is 21.8 Å². The van der Waals surface area contributed by atoms with Gasteiger partial charge in [0.1, 0.15) is 0 Å². The maximum absolute atomic E-state index is 11.5. The van der Waals surface area contributed by atoms with Crippen molar-refractivity contribution in [3.05, 3.63) is 10.9 Å². The predicted octanol–water partition coefficient (Wildman–Crippen LogP) is 3.13. The van der Waals surface area contributed by atoms with Gasteiger partial charge in [-0.15, -0.1) is 11.3 Å². The molecule has 0 fully saturated rings. The molecule has 2 aromatic heterocycles. The van der Waals surface area contributed by atoms with Crippen LogP contribution >= 0.6 is 23.1 Å². The number of methoxy groups -OCH3 is 2. The Hall–Kier alpha value is -1.73. The van der Waals surface area contributed by atoms with Gasteiger partial charge < -0.3 is 9.47 Å². The van der Waals surface area contributed by atoms with Gasteiger partial charge in [0.15, 0.2) is 28.3 Å². The minimum atomic E-state index is 0.0220. The zero-order valence-electron chi connectivity index (χ0n) is 10.5. The molecule has 1 aromatic carbocycles. The van der Waals surface area contributed by atoms with E-state index < -0.39 is 0 Å². The SMILES string of the molecule is COc1c2cc(C(C)=O)sc2c(OC)c2nsnc12. The number of fused-ring (bicyclic) bond motifs is 2. The first kappa shape index (κ1) is 12.3. The van der Waals surface area contributed by atoms with Gasteiger partial charge in [-0.3, -0.25) is 4.79 Å². The van der Waals surface area contributed by atoms with E-state index in [4.69, 9.17) is 9.47 Å². The van der Waals surface area contributed by atoms with Crippen LogP contribution in [0.5, 0.6) is 11.5 Å². The third-order valence-corrected chi connectivity index (χ3v) is 4.62. The molecule has 0 aliphatic heterocycles. The molecule has 5 nitrogen and oxygen atoms in total. The molecular weight excluding hydrogens is 284 g/mol. The number of benzene rings is 1. The smallest absolute Gasteiger partial charge is 0.169 e. The van der Waals surface area contributed by atoms with E-state index in [2.05, 4.69) is 8.75 Å². The largest absolute Gasteiger partial charge is 0.494 e. The second kappa shape index (κ2) is 4.43. The Bertz CT molecular complexity index is 735. The van der Waals surface area contributed by atoms with Crippen molar-refractivity contribution < 1.29 is 14.3 Å². The molecule has 0 saturated heterocycles. The lowest BCUT2D eigenvalue weighted by molar-refractivity contribution is 0.102. The van der Waals surface area contributed by atoms with Crippen LogP contribution in [0.1, 0.15) is 16.6 Å². The first-order valence-corrected chi connectivity index (χ1v) is 7.02. The summed E-state index contributed by atoms with van der Waals surface area (Å²) in [7, 11) is 3.18. The summed E-state index contributed by atoms with van der Waals surface area (Å²) in [4.78, 5) is 12.2. The molecule has 0 unspecified atom stereocenters. The molecule has 3 aromatic rings. The summed E-state index contributed by atoms with van der Waals surface area (Å²) < 4.78 is 20.2. The van der Waals surface area contributed by atoms with Crippen molar-refractivity contribution in [3.8, 4) is 11.5 Å². The fourth-order valence-electron chi connectivity index (χ4n) is 2.02. The third kappa shape index (κ3) is 1.69. The Morgan fingerprint density at radius 2 is 1.79 bits per heavy atom. The second-order valence-corrected chi connectivity index (χ2v) is 5.52. The fraction of sp³-hybridized carbons (Fsp3) is 0.250. The highest BCUT2D eigenvalue weighted by Crippen LogP contribution is 2.45. The number of ketones is 1. The molecule has 0 aliphatic carbocycles. The molecular formula is C12H10N2O3S2. The number of aromatic nitrogens is 2. The van der Waals surface area contributed by atoms with Crippen molar-refractivity contribution in [1.82, 2.24) is 8.75 Å². The molecule has 2 heterocycles. The van der Waals surface area contributed by atoms with Crippen molar-refractivity contribution in [2.45, 2.75) is 6.92 Å². The number of carbonyl (C=O) groups is 1. The van der Waals surface area contributed by atoms with E-state index in [1.807, 2.05) is 6.07 Å². The van der Waals surface area contributed by atoms with E-state index in [-0.39, 0.29) is 5.78 Å². The van der Waals surface area contributed by atoms with Gasteiger partial charge >= 0.3 is 0 Å².